The molecule has 1 N–H and O–H groups in total. The molecule has 0 bridgehead atoms. The highest BCUT2D eigenvalue weighted by Crippen LogP contribution is 2.30. The Morgan fingerprint density at radius 1 is 0.882 bits per heavy atom. The quantitative estimate of drug-likeness (QED) is 0.489. The van der Waals surface area contributed by atoms with Crippen LogP contribution in [0.4, 0.5) is 5.69 Å². The van der Waals surface area contributed by atoms with Gasteiger partial charge in [0.2, 0.25) is 5.91 Å². The third-order valence-corrected chi connectivity index (χ3v) is 7.29. The molecule has 0 fully saturated rings. The minimum atomic E-state index is -3.96. The number of methoxy groups -OCH3 is 2. The number of amides is 1. The Labute approximate surface area is 201 Å². The molecule has 0 aromatic heterocycles. The zero-order valence-electron chi connectivity index (χ0n) is 20.0. The van der Waals surface area contributed by atoms with E-state index < -0.39 is 15.9 Å². The van der Waals surface area contributed by atoms with Crippen molar-refractivity contribution in [3.8, 4) is 11.5 Å². The van der Waals surface area contributed by atoms with E-state index in [0.717, 1.165) is 21.0 Å². The van der Waals surface area contributed by atoms with Crippen molar-refractivity contribution < 1.29 is 22.7 Å². The number of anilines is 1. The van der Waals surface area contributed by atoms with Gasteiger partial charge in [-0.25, -0.2) is 8.42 Å². The van der Waals surface area contributed by atoms with Gasteiger partial charge in [0.1, 0.15) is 6.54 Å². The molecule has 0 aliphatic heterocycles. The summed E-state index contributed by atoms with van der Waals surface area (Å²) in [5.41, 5.74) is 3.15. The van der Waals surface area contributed by atoms with E-state index in [9.17, 15) is 13.2 Å². The topological polar surface area (TPSA) is 84.9 Å². The summed E-state index contributed by atoms with van der Waals surface area (Å²) in [6.07, 6.45) is 0. The lowest BCUT2D eigenvalue weighted by Crippen LogP contribution is -2.41. The molecule has 8 heteroatoms. The standard InChI is InChI=1S/C26H30N2O5S/c1-18-6-11-22(12-7-18)28(34(30,31)23-13-8-19(2)9-14-23)17-26(29)27-20(3)21-10-15-24(32-4)25(16-21)33-5/h6-16,20H,17H2,1-5H3,(H,27,29)/t20-/m1/s1. The number of hydrogen-bond donors (Lipinski definition) is 1. The zero-order valence-corrected chi connectivity index (χ0v) is 20.8. The first-order valence-electron chi connectivity index (χ1n) is 10.8. The van der Waals surface area contributed by atoms with Crippen molar-refractivity contribution in [2.45, 2.75) is 31.7 Å². The van der Waals surface area contributed by atoms with E-state index >= 15 is 0 Å². The number of nitrogens with zero attached hydrogens (tertiary/aromatic N) is 1. The molecule has 0 heterocycles. The maximum absolute atomic E-state index is 13.5. The van der Waals surface area contributed by atoms with Gasteiger partial charge in [0.05, 0.1) is 30.8 Å². The second-order valence-electron chi connectivity index (χ2n) is 8.06. The van der Waals surface area contributed by atoms with E-state index in [1.165, 1.54) is 0 Å². The van der Waals surface area contributed by atoms with Gasteiger partial charge in [0, 0.05) is 0 Å². The van der Waals surface area contributed by atoms with E-state index in [-0.39, 0.29) is 17.5 Å². The summed E-state index contributed by atoms with van der Waals surface area (Å²) >= 11 is 0. The van der Waals surface area contributed by atoms with Crippen molar-refractivity contribution in [2.75, 3.05) is 25.1 Å². The fourth-order valence-corrected chi connectivity index (χ4v) is 4.91. The van der Waals surface area contributed by atoms with Gasteiger partial charge in [0.15, 0.2) is 11.5 Å². The molecule has 0 radical (unpaired) electrons. The monoisotopic (exact) mass is 482 g/mol. The number of aryl methyl sites for hydroxylation is 2. The van der Waals surface area contributed by atoms with Gasteiger partial charge in [-0.2, -0.15) is 0 Å². The van der Waals surface area contributed by atoms with Gasteiger partial charge in [-0.15, -0.1) is 0 Å². The first kappa shape index (κ1) is 25.1. The average molecular weight is 483 g/mol. The van der Waals surface area contributed by atoms with E-state index in [4.69, 9.17) is 9.47 Å². The van der Waals surface area contributed by atoms with Crippen molar-refractivity contribution in [2.24, 2.45) is 0 Å². The lowest BCUT2D eigenvalue weighted by molar-refractivity contribution is -0.120. The van der Waals surface area contributed by atoms with Crippen LogP contribution in [0, 0.1) is 13.8 Å². The van der Waals surface area contributed by atoms with Crippen molar-refractivity contribution in [1.82, 2.24) is 5.32 Å². The van der Waals surface area contributed by atoms with E-state index in [1.54, 1.807) is 62.8 Å². The maximum atomic E-state index is 13.5. The Kier molecular flexibility index (Phi) is 7.83. The zero-order chi connectivity index (χ0) is 24.9. The summed E-state index contributed by atoms with van der Waals surface area (Å²) in [7, 11) is -0.869. The minimum Gasteiger partial charge on any atom is -0.493 e. The summed E-state index contributed by atoms with van der Waals surface area (Å²) in [5, 5.41) is 2.89. The van der Waals surface area contributed by atoms with Crippen LogP contribution in [-0.2, 0) is 14.8 Å². The van der Waals surface area contributed by atoms with Crippen LogP contribution in [0.1, 0.15) is 29.7 Å². The van der Waals surface area contributed by atoms with Crippen LogP contribution in [0.2, 0.25) is 0 Å². The van der Waals surface area contributed by atoms with E-state index in [0.29, 0.717) is 17.2 Å². The number of ether oxygens (including phenoxy) is 2. The Balaban J connectivity index is 1.87. The molecular formula is C26H30N2O5S. The van der Waals surface area contributed by atoms with Crippen molar-refractivity contribution in [3.63, 3.8) is 0 Å². The minimum absolute atomic E-state index is 0.124. The lowest BCUT2D eigenvalue weighted by atomic mass is 10.1. The second kappa shape index (κ2) is 10.6. The Morgan fingerprint density at radius 3 is 2.00 bits per heavy atom. The van der Waals surface area contributed by atoms with Gasteiger partial charge in [-0.05, 0) is 62.7 Å². The van der Waals surface area contributed by atoms with Crippen LogP contribution in [0.25, 0.3) is 0 Å². The molecule has 0 unspecified atom stereocenters. The Hall–Kier alpha value is -3.52. The number of benzene rings is 3. The molecule has 7 nitrogen and oxygen atoms in total. The van der Waals surface area contributed by atoms with Gasteiger partial charge in [-0.3, -0.25) is 9.10 Å². The van der Waals surface area contributed by atoms with Crippen LogP contribution in [0.3, 0.4) is 0 Å². The SMILES string of the molecule is COc1ccc([C@@H](C)NC(=O)CN(c2ccc(C)cc2)S(=O)(=O)c2ccc(C)cc2)cc1OC. The highest BCUT2D eigenvalue weighted by Gasteiger charge is 2.27. The van der Waals surface area contributed by atoms with Gasteiger partial charge >= 0.3 is 0 Å². The third-order valence-electron chi connectivity index (χ3n) is 5.50. The highest BCUT2D eigenvalue weighted by atomic mass is 32.2. The highest BCUT2D eigenvalue weighted by molar-refractivity contribution is 7.92. The lowest BCUT2D eigenvalue weighted by Gasteiger charge is -2.25. The Bertz CT molecular complexity index is 1240. The largest absolute Gasteiger partial charge is 0.493 e. The fourth-order valence-electron chi connectivity index (χ4n) is 3.49. The van der Waals surface area contributed by atoms with Crippen molar-refractivity contribution >= 4 is 21.6 Å². The van der Waals surface area contributed by atoms with Gasteiger partial charge < -0.3 is 14.8 Å². The fraction of sp³-hybridized carbons (Fsp3) is 0.269. The molecule has 1 amide bonds. The van der Waals surface area contributed by atoms with Crippen LogP contribution in [-0.4, -0.2) is 35.1 Å². The molecule has 3 rings (SSSR count). The van der Waals surface area contributed by atoms with E-state index in [1.807, 2.05) is 39.0 Å². The predicted molar refractivity (Wildman–Crippen MR) is 133 cm³/mol. The molecule has 0 saturated heterocycles. The predicted octanol–water partition coefficient (Wildman–Crippen LogP) is 4.39. The average Bonchev–Trinajstić information content (AvgIpc) is 2.82. The van der Waals surface area contributed by atoms with Crippen molar-refractivity contribution in [1.29, 1.82) is 0 Å². The number of rotatable bonds is 9. The molecule has 180 valence electrons. The molecule has 34 heavy (non-hydrogen) atoms. The molecule has 3 aromatic carbocycles. The van der Waals surface area contributed by atoms with Gasteiger partial charge in [0.25, 0.3) is 10.0 Å². The maximum Gasteiger partial charge on any atom is 0.264 e. The normalized spacial score (nSPS) is 12.0. The number of nitrogens with one attached hydrogen (secondary N) is 1. The number of carbonyl (C=O) groups excluding carboxylic acids is 1. The van der Waals surface area contributed by atoms with Crippen molar-refractivity contribution in [3.05, 3.63) is 83.4 Å². The first-order valence-corrected chi connectivity index (χ1v) is 12.3. The molecule has 0 saturated carbocycles. The number of sulfonamides is 1. The van der Waals surface area contributed by atoms with Crippen LogP contribution >= 0.6 is 0 Å². The van der Waals surface area contributed by atoms with Crippen LogP contribution in [0.15, 0.2) is 71.6 Å². The number of hydrogen-bond acceptors (Lipinski definition) is 5. The molecule has 0 aliphatic carbocycles. The van der Waals surface area contributed by atoms with Gasteiger partial charge in [-0.1, -0.05) is 41.5 Å². The molecule has 0 aliphatic rings. The molecule has 3 aromatic rings. The summed E-state index contributed by atoms with van der Waals surface area (Å²) in [4.78, 5) is 13.1. The summed E-state index contributed by atoms with van der Waals surface area (Å²) in [6, 6.07) is 18.6. The first-order chi connectivity index (χ1) is 16.1. The van der Waals surface area contributed by atoms with E-state index in [2.05, 4.69) is 5.32 Å². The molecular weight excluding hydrogens is 452 g/mol. The molecule has 1 atom stereocenters. The summed E-state index contributed by atoms with van der Waals surface area (Å²) in [6.45, 7) is 5.26. The third kappa shape index (κ3) is 5.69. The molecule has 0 spiro atoms. The number of carbonyl (C=O) groups is 1. The smallest absolute Gasteiger partial charge is 0.264 e. The summed E-state index contributed by atoms with van der Waals surface area (Å²) < 4.78 is 38.7. The van der Waals surface area contributed by atoms with Crippen LogP contribution < -0.4 is 19.1 Å². The second-order valence-corrected chi connectivity index (χ2v) is 9.93. The summed E-state index contributed by atoms with van der Waals surface area (Å²) in [5.74, 6) is 0.697. The van der Waals surface area contributed by atoms with Crippen LogP contribution in [0.5, 0.6) is 11.5 Å². The Morgan fingerprint density at radius 2 is 1.44 bits per heavy atom.